The van der Waals surface area contributed by atoms with Crippen LogP contribution in [0.15, 0.2) is 48.5 Å². The molecule has 0 radical (unpaired) electrons. The van der Waals surface area contributed by atoms with Crippen LogP contribution < -0.4 is 5.73 Å². The second-order valence-electron chi connectivity index (χ2n) is 6.14. The van der Waals surface area contributed by atoms with E-state index < -0.39 is 16.6 Å². The molecule has 0 bridgehead atoms. The lowest BCUT2D eigenvalue weighted by atomic mass is 9.89. The van der Waals surface area contributed by atoms with Crippen molar-refractivity contribution in [3.8, 4) is 0 Å². The Morgan fingerprint density at radius 1 is 1.23 bits per heavy atom. The highest BCUT2D eigenvalue weighted by Gasteiger charge is 2.37. The SMILES string of the molecule is Cl.NC[C@@H]1CN(C(=O)c2cc(F)ccc2[N+](=O)[O-])C[C@H]1c1ccccc1. The van der Waals surface area contributed by atoms with Crippen molar-refractivity contribution in [2.45, 2.75) is 5.92 Å². The first-order valence-electron chi connectivity index (χ1n) is 7.99. The Bertz CT molecular complexity index is 804. The average molecular weight is 380 g/mol. The van der Waals surface area contributed by atoms with Gasteiger partial charge in [-0.2, -0.15) is 0 Å². The average Bonchev–Trinajstić information content (AvgIpc) is 3.06. The van der Waals surface area contributed by atoms with Gasteiger partial charge in [0.25, 0.3) is 11.6 Å². The molecule has 0 aliphatic carbocycles. The van der Waals surface area contributed by atoms with E-state index in [1.165, 1.54) is 4.90 Å². The molecule has 6 nitrogen and oxygen atoms in total. The number of nitro benzene ring substituents is 1. The molecule has 1 aliphatic rings. The van der Waals surface area contributed by atoms with Gasteiger partial charge in [0.1, 0.15) is 11.4 Å². The summed E-state index contributed by atoms with van der Waals surface area (Å²) in [5, 5.41) is 11.2. The van der Waals surface area contributed by atoms with E-state index in [2.05, 4.69) is 0 Å². The highest BCUT2D eigenvalue weighted by atomic mass is 35.5. The number of nitrogens with zero attached hydrogens (tertiary/aromatic N) is 2. The van der Waals surface area contributed by atoms with E-state index in [-0.39, 0.29) is 35.5 Å². The first-order valence-corrected chi connectivity index (χ1v) is 7.99. The number of nitro groups is 1. The van der Waals surface area contributed by atoms with E-state index in [0.29, 0.717) is 19.6 Å². The van der Waals surface area contributed by atoms with Gasteiger partial charge in [-0.05, 0) is 30.2 Å². The summed E-state index contributed by atoms with van der Waals surface area (Å²) in [6, 6.07) is 12.6. The Morgan fingerprint density at radius 2 is 1.92 bits per heavy atom. The third-order valence-electron chi connectivity index (χ3n) is 4.64. The van der Waals surface area contributed by atoms with Crippen LogP contribution in [0.5, 0.6) is 0 Å². The van der Waals surface area contributed by atoms with Crippen LogP contribution in [0, 0.1) is 21.8 Å². The molecule has 1 heterocycles. The minimum Gasteiger partial charge on any atom is -0.337 e. The Balaban J connectivity index is 0.00000243. The summed E-state index contributed by atoms with van der Waals surface area (Å²) < 4.78 is 13.5. The maximum Gasteiger partial charge on any atom is 0.282 e. The number of rotatable bonds is 4. The van der Waals surface area contributed by atoms with E-state index in [4.69, 9.17) is 5.73 Å². The van der Waals surface area contributed by atoms with Crippen molar-refractivity contribution in [2.75, 3.05) is 19.6 Å². The molecule has 2 aromatic carbocycles. The fraction of sp³-hybridized carbons (Fsp3) is 0.278. The maximum absolute atomic E-state index is 13.5. The van der Waals surface area contributed by atoms with Crippen molar-refractivity contribution in [2.24, 2.45) is 11.7 Å². The lowest BCUT2D eigenvalue weighted by molar-refractivity contribution is -0.385. The number of likely N-dealkylation sites (tertiary alicyclic amines) is 1. The van der Waals surface area contributed by atoms with Gasteiger partial charge in [0.05, 0.1) is 4.92 Å². The summed E-state index contributed by atoms with van der Waals surface area (Å²) in [6.07, 6.45) is 0. The smallest absolute Gasteiger partial charge is 0.282 e. The Morgan fingerprint density at radius 3 is 2.54 bits per heavy atom. The van der Waals surface area contributed by atoms with Crippen molar-refractivity contribution < 1.29 is 14.1 Å². The van der Waals surface area contributed by atoms with Gasteiger partial charge in [-0.25, -0.2) is 4.39 Å². The van der Waals surface area contributed by atoms with Crippen LogP contribution >= 0.6 is 12.4 Å². The number of carbonyl (C=O) groups excluding carboxylic acids is 1. The Kier molecular flexibility index (Phi) is 6.28. The monoisotopic (exact) mass is 379 g/mol. The van der Waals surface area contributed by atoms with E-state index in [0.717, 1.165) is 23.8 Å². The second kappa shape index (κ2) is 8.25. The van der Waals surface area contributed by atoms with E-state index >= 15 is 0 Å². The normalized spacial score (nSPS) is 19.1. The third-order valence-corrected chi connectivity index (χ3v) is 4.64. The number of nitrogens with two attached hydrogens (primary N) is 1. The standard InChI is InChI=1S/C18H18FN3O3.ClH/c19-14-6-7-17(22(24)25)15(8-14)18(23)21-10-13(9-20)16(11-21)12-4-2-1-3-5-12;/h1-8,13,16H,9-11,20H2;1H/t13-,16+;/m1./s1. The number of amides is 1. The van der Waals surface area contributed by atoms with Crippen molar-refractivity contribution in [1.29, 1.82) is 0 Å². The highest BCUT2D eigenvalue weighted by Crippen LogP contribution is 2.33. The number of hydrogen-bond acceptors (Lipinski definition) is 4. The van der Waals surface area contributed by atoms with Crippen LogP contribution in [0.4, 0.5) is 10.1 Å². The number of halogens is 2. The zero-order valence-electron chi connectivity index (χ0n) is 13.9. The molecule has 1 aliphatic heterocycles. The van der Waals surface area contributed by atoms with Gasteiger partial charge >= 0.3 is 0 Å². The summed E-state index contributed by atoms with van der Waals surface area (Å²) in [5.74, 6) is -1.10. The number of hydrogen-bond donors (Lipinski definition) is 1. The molecule has 1 fully saturated rings. The summed E-state index contributed by atoms with van der Waals surface area (Å²) in [7, 11) is 0. The Labute approximate surface area is 156 Å². The van der Waals surface area contributed by atoms with Crippen molar-refractivity contribution in [3.63, 3.8) is 0 Å². The van der Waals surface area contributed by atoms with Crippen LogP contribution in [0.1, 0.15) is 21.8 Å². The lowest BCUT2D eigenvalue weighted by Crippen LogP contribution is -2.30. The van der Waals surface area contributed by atoms with Gasteiger partial charge in [-0.3, -0.25) is 14.9 Å². The van der Waals surface area contributed by atoms with Crippen molar-refractivity contribution in [1.82, 2.24) is 4.90 Å². The zero-order chi connectivity index (χ0) is 18.0. The lowest BCUT2D eigenvalue weighted by Gasteiger charge is -2.17. The number of carbonyl (C=O) groups is 1. The first kappa shape index (κ1) is 19.8. The number of benzene rings is 2. The highest BCUT2D eigenvalue weighted by molar-refractivity contribution is 5.98. The van der Waals surface area contributed by atoms with Crippen molar-refractivity contribution in [3.05, 3.63) is 75.6 Å². The van der Waals surface area contributed by atoms with E-state index in [9.17, 15) is 19.3 Å². The molecule has 0 unspecified atom stereocenters. The predicted molar refractivity (Wildman–Crippen MR) is 97.9 cm³/mol. The Hall–Kier alpha value is -2.51. The summed E-state index contributed by atoms with van der Waals surface area (Å²) in [5.41, 5.74) is 6.31. The van der Waals surface area contributed by atoms with Gasteiger partial charge in [0, 0.05) is 25.1 Å². The third kappa shape index (κ3) is 3.84. The van der Waals surface area contributed by atoms with E-state index in [1.54, 1.807) is 0 Å². The molecule has 138 valence electrons. The van der Waals surface area contributed by atoms with Gasteiger partial charge in [0.15, 0.2) is 0 Å². The van der Waals surface area contributed by atoms with Gasteiger partial charge in [-0.1, -0.05) is 30.3 Å². The fourth-order valence-electron chi connectivity index (χ4n) is 3.36. The fourth-order valence-corrected chi connectivity index (χ4v) is 3.36. The molecular weight excluding hydrogens is 361 g/mol. The zero-order valence-corrected chi connectivity index (χ0v) is 14.7. The van der Waals surface area contributed by atoms with Gasteiger partial charge < -0.3 is 10.6 Å². The predicted octanol–water partition coefficient (Wildman–Crippen LogP) is 2.97. The first-order chi connectivity index (χ1) is 12.0. The molecule has 2 aromatic rings. The minimum atomic E-state index is -0.678. The maximum atomic E-state index is 13.5. The quantitative estimate of drug-likeness (QED) is 0.653. The molecule has 0 saturated carbocycles. The molecule has 2 atom stereocenters. The van der Waals surface area contributed by atoms with Crippen LogP contribution in [-0.4, -0.2) is 35.4 Å². The van der Waals surface area contributed by atoms with Crippen LogP contribution in [0.25, 0.3) is 0 Å². The largest absolute Gasteiger partial charge is 0.337 e. The van der Waals surface area contributed by atoms with E-state index in [1.807, 2.05) is 30.3 Å². The van der Waals surface area contributed by atoms with Crippen LogP contribution in [-0.2, 0) is 0 Å². The molecule has 0 aromatic heterocycles. The van der Waals surface area contributed by atoms with Crippen molar-refractivity contribution >= 4 is 24.0 Å². The molecule has 1 amide bonds. The molecule has 8 heteroatoms. The summed E-state index contributed by atoms with van der Waals surface area (Å²) in [4.78, 5) is 24.8. The summed E-state index contributed by atoms with van der Waals surface area (Å²) >= 11 is 0. The minimum absolute atomic E-state index is 0. The molecule has 3 rings (SSSR count). The molecule has 1 saturated heterocycles. The second-order valence-corrected chi connectivity index (χ2v) is 6.14. The van der Waals surface area contributed by atoms with Gasteiger partial charge in [0.2, 0.25) is 0 Å². The van der Waals surface area contributed by atoms with Gasteiger partial charge in [-0.15, -0.1) is 12.4 Å². The summed E-state index contributed by atoms with van der Waals surface area (Å²) in [6.45, 7) is 1.19. The molecule has 26 heavy (non-hydrogen) atoms. The van der Waals surface area contributed by atoms with Crippen LogP contribution in [0.3, 0.4) is 0 Å². The molecule has 0 spiro atoms. The topological polar surface area (TPSA) is 89.5 Å². The molecule has 2 N–H and O–H groups in total. The van der Waals surface area contributed by atoms with Crippen LogP contribution in [0.2, 0.25) is 0 Å². The molecular formula is C18H19ClFN3O3.